The van der Waals surface area contributed by atoms with E-state index in [1.54, 1.807) is 0 Å². The molecule has 10 heavy (non-hydrogen) atoms. The van der Waals surface area contributed by atoms with Crippen LogP contribution in [0.4, 0.5) is 0 Å². The van der Waals surface area contributed by atoms with Gasteiger partial charge in [0.1, 0.15) is 6.10 Å². The number of rotatable bonds is 1. The van der Waals surface area contributed by atoms with Gasteiger partial charge in [-0.05, 0) is 12.8 Å². The van der Waals surface area contributed by atoms with Crippen molar-refractivity contribution in [3.63, 3.8) is 0 Å². The Bertz CT molecular complexity index is 126. The van der Waals surface area contributed by atoms with Gasteiger partial charge in [0.05, 0.1) is 0 Å². The zero-order valence-electron chi connectivity index (χ0n) is 5.67. The fourth-order valence-electron chi connectivity index (χ4n) is 0.998. The van der Waals surface area contributed by atoms with E-state index in [0.717, 1.165) is 12.8 Å². The van der Waals surface area contributed by atoms with Gasteiger partial charge in [0.15, 0.2) is 0 Å². The molecule has 0 radical (unpaired) electrons. The number of carbonyl (C=O) groups is 1. The van der Waals surface area contributed by atoms with E-state index in [4.69, 9.17) is 5.26 Å². The number of hydrogen-bond donors (Lipinski definition) is 2. The standard InChI is InChI=1S/C6H11NO3/c8-6-3-1-2-5(10-9)4-7-6/h5,9H,1-4H2,(H,7,8). The molecule has 1 rings (SSSR count). The van der Waals surface area contributed by atoms with Crippen molar-refractivity contribution in [1.29, 1.82) is 0 Å². The first kappa shape index (κ1) is 7.50. The van der Waals surface area contributed by atoms with E-state index in [1.165, 1.54) is 0 Å². The summed E-state index contributed by atoms with van der Waals surface area (Å²) in [7, 11) is 0. The van der Waals surface area contributed by atoms with Crippen LogP contribution in [0.25, 0.3) is 0 Å². The Morgan fingerprint density at radius 3 is 3.20 bits per heavy atom. The second kappa shape index (κ2) is 3.53. The summed E-state index contributed by atoms with van der Waals surface area (Å²) in [6, 6.07) is 0. The van der Waals surface area contributed by atoms with E-state index >= 15 is 0 Å². The van der Waals surface area contributed by atoms with Gasteiger partial charge in [-0.3, -0.25) is 10.1 Å². The largest absolute Gasteiger partial charge is 0.353 e. The quantitative estimate of drug-likeness (QED) is 0.407. The van der Waals surface area contributed by atoms with Crippen LogP contribution in [0.5, 0.6) is 0 Å². The van der Waals surface area contributed by atoms with E-state index in [2.05, 4.69) is 10.2 Å². The summed E-state index contributed by atoms with van der Waals surface area (Å²) in [5, 5.41) is 10.9. The van der Waals surface area contributed by atoms with Gasteiger partial charge in [0.2, 0.25) is 5.91 Å². The van der Waals surface area contributed by atoms with Crippen LogP contribution in [0, 0.1) is 0 Å². The molecule has 0 aromatic heterocycles. The minimum absolute atomic E-state index is 0.0413. The van der Waals surface area contributed by atoms with Crippen molar-refractivity contribution in [2.24, 2.45) is 0 Å². The van der Waals surface area contributed by atoms with Crippen LogP contribution in [0.1, 0.15) is 19.3 Å². The Hall–Kier alpha value is -0.610. The second-order valence-electron chi connectivity index (χ2n) is 2.42. The van der Waals surface area contributed by atoms with Crippen molar-refractivity contribution in [2.45, 2.75) is 25.4 Å². The Morgan fingerprint density at radius 2 is 2.50 bits per heavy atom. The SMILES string of the molecule is O=C1CCCC(OO)CN1. The topological polar surface area (TPSA) is 58.6 Å². The molecule has 0 bridgehead atoms. The zero-order chi connectivity index (χ0) is 7.40. The van der Waals surface area contributed by atoms with Gasteiger partial charge in [0.25, 0.3) is 0 Å². The molecule has 4 nitrogen and oxygen atoms in total. The van der Waals surface area contributed by atoms with Crippen LogP contribution < -0.4 is 5.32 Å². The Kier molecular flexibility index (Phi) is 2.65. The third kappa shape index (κ3) is 1.97. The zero-order valence-corrected chi connectivity index (χ0v) is 5.67. The van der Waals surface area contributed by atoms with Crippen LogP contribution in [-0.4, -0.2) is 23.8 Å². The Balaban J connectivity index is 2.33. The summed E-state index contributed by atoms with van der Waals surface area (Å²) in [4.78, 5) is 14.8. The highest BCUT2D eigenvalue weighted by molar-refractivity contribution is 5.76. The smallest absolute Gasteiger partial charge is 0.220 e. The van der Waals surface area contributed by atoms with E-state index in [-0.39, 0.29) is 12.0 Å². The Morgan fingerprint density at radius 1 is 1.70 bits per heavy atom. The van der Waals surface area contributed by atoms with E-state index in [1.807, 2.05) is 0 Å². The monoisotopic (exact) mass is 145 g/mol. The minimum atomic E-state index is -0.216. The molecule has 1 amide bonds. The summed E-state index contributed by atoms with van der Waals surface area (Å²) in [5.74, 6) is 0.0413. The van der Waals surface area contributed by atoms with Crippen molar-refractivity contribution in [1.82, 2.24) is 5.32 Å². The molecule has 0 saturated carbocycles. The maximum Gasteiger partial charge on any atom is 0.220 e. The van der Waals surface area contributed by atoms with Crippen molar-refractivity contribution in [3.8, 4) is 0 Å². The summed E-state index contributed by atoms with van der Waals surface area (Å²) in [6.07, 6.45) is 1.86. The molecular weight excluding hydrogens is 134 g/mol. The van der Waals surface area contributed by atoms with Crippen molar-refractivity contribution >= 4 is 5.91 Å². The first-order valence-corrected chi connectivity index (χ1v) is 3.40. The van der Waals surface area contributed by atoms with E-state index < -0.39 is 0 Å². The molecule has 1 atom stereocenters. The summed E-state index contributed by atoms with van der Waals surface area (Å²) in [6.45, 7) is 0.426. The Labute approximate surface area is 59.1 Å². The van der Waals surface area contributed by atoms with Gasteiger partial charge in [0, 0.05) is 13.0 Å². The molecule has 0 spiro atoms. The molecule has 58 valence electrons. The fraction of sp³-hybridized carbons (Fsp3) is 0.833. The predicted molar refractivity (Wildman–Crippen MR) is 34.4 cm³/mol. The highest BCUT2D eigenvalue weighted by atomic mass is 17.1. The summed E-state index contributed by atoms with van der Waals surface area (Å²) >= 11 is 0. The average molecular weight is 145 g/mol. The molecule has 1 aliphatic heterocycles. The van der Waals surface area contributed by atoms with Crippen molar-refractivity contribution in [3.05, 3.63) is 0 Å². The fourth-order valence-corrected chi connectivity index (χ4v) is 0.998. The number of amides is 1. The van der Waals surface area contributed by atoms with Gasteiger partial charge in [-0.1, -0.05) is 0 Å². The first-order valence-electron chi connectivity index (χ1n) is 3.40. The van der Waals surface area contributed by atoms with Crippen LogP contribution >= 0.6 is 0 Å². The lowest BCUT2D eigenvalue weighted by Crippen LogP contribution is -2.29. The molecule has 0 aromatic carbocycles. The van der Waals surface area contributed by atoms with Gasteiger partial charge in [-0.15, -0.1) is 0 Å². The highest BCUT2D eigenvalue weighted by Gasteiger charge is 2.15. The maximum atomic E-state index is 10.7. The molecule has 0 aromatic rings. The lowest BCUT2D eigenvalue weighted by atomic mass is 10.2. The van der Waals surface area contributed by atoms with E-state index in [0.29, 0.717) is 13.0 Å². The average Bonchev–Trinajstić information content (AvgIpc) is 2.14. The minimum Gasteiger partial charge on any atom is -0.353 e. The van der Waals surface area contributed by atoms with Gasteiger partial charge < -0.3 is 5.32 Å². The molecule has 1 fully saturated rings. The first-order chi connectivity index (χ1) is 4.83. The van der Waals surface area contributed by atoms with Crippen LogP contribution in [0.15, 0.2) is 0 Å². The molecule has 1 unspecified atom stereocenters. The normalized spacial score (nSPS) is 27.3. The third-order valence-corrected chi connectivity index (χ3v) is 1.61. The molecule has 2 N–H and O–H groups in total. The molecule has 1 heterocycles. The van der Waals surface area contributed by atoms with Crippen molar-refractivity contribution in [2.75, 3.05) is 6.54 Å². The number of nitrogens with one attached hydrogen (secondary N) is 1. The molecular formula is C6H11NO3. The molecule has 0 aliphatic carbocycles. The molecule has 1 saturated heterocycles. The van der Waals surface area contributed by atoms with Gasteiger partial charge in [-0.2, -0.15) is 0 Å². The summed E-state index contributed by atoms with van der Waals surface area (Å²) < 4.78 is 0. The van der Waals surface area contributed by atoms with Crippen LogP contribution in [0.2, 0.25) is 0 Å². The maximum absolute atomic E-state index is 10.7. The van der Waals surface area contributed by atoms with E-state index in [9.17, 15) is 4.79 Å². The number of hydrogen-bond acceptors (Lipinski definition) is 3. The predicted octanol–water partition coefficient (Wildman–Crippen LogP) is 0.145. The molecule has 4 heteroatoms. The van der Waals surface area contributed by atoms with Gasteiger partial charge in [-0.25, -0.2) is 4.89 Å². The second-order valence-corrected chi connectivity index (χ2v) is 2.42. The number of carbonyl (C=O) groups excluding carboxylic acids is 1. The van der Waals surface area contributed by atoms with Crippen LogP contribution in [-0.2, 0) is 9.68 Å². The third-order valence-electron chi connectivity index (χ3n) is 1.61. The lowest BCUT2D eigenvalue weighted by Gasteiger charge is -2.07. The molecule has 1 aliphatic rings. The summed E-state index contributed by atoms with van der Waals surface area (Å²) in [5.41, 5.74) is 0. The van der Waals surface area contributed by atoms with Gasteiger partial charge >= 0.3 is 0 Å². The van der Waals surface area contributed by atoms with Crippen LogP contribution in [0.3, 0.4) is 0 Å². The highest BCUT2D eigenvalue weighted by Crippen LogP contribution is 2.06. The lowest BCUT2D eigenvalue weighted by molar-refractivity contribution is -0.277. The van der Waals surface area contributed by atoms with Crippen molar-refractivity contribution < 1.29 is 14.9 Å².